The molecule has 2 heterocycles. The number of benzene rings is 3. The van der Waals surface area contributed by atoms with E-state index in [0.29, 0.717) is 12.1 Å². The van der Waals surface area contributed by atoms with Gasteiger partial charge in [-0.1, -0.05) is 72.8 Å². The SMILES string of the molecule is CB(O)N1CCN(c2cccc3c(Cc4ccccc4)c(C(=O)OCc4ccccc4)n(B(C)O)c23)CC1. The quantitative estimate of drug-likeness (QED) is 0.278. The lowest BCUT2D eigenvalue weighted by molar-refractivity contribution is 0.0463. The molecule has 3 aromatic carbocycles. The molecule has 0 saturated carbocycles. The summed E-state index contributed by atoms with van der Waals surface area (Å²) in [6.45, 7) is 6.55. The van der Waals surface area contributed by atoms with Gasteiger partial charge in [-0.15, -0.1) is 0 Å². The molecule has 7 nitrogen and oxygen atoms in total. The van der Waals surface area contributed by atoms with Gasteiger partial charge in [0.15, 0.2) is 0 Å². The lowest BCUT2D eigenvalue weighted by Gasteiger charge is -2.37. The number of carbonyl (C=O) groups excluding carboxylic acids is 1. The third-order valence-electron chi connectivity index (χ3n) is 7.29. The van der Waals surface area contributed by atoms with Crippen LogP contribution in [0.25, 0.3) is 10.9 Å². The van der Waals surface area contributed by atoms with Gasteiger partial charge in [-0.25, -0.2) is 4.79 Å². The molecule has 1 aromatic heterocycles. The first-order chi connectivity index (χ1) is 18.4. The molecule has 0 aliphatic carbocycles. The number of hydrogen-bond donors (Lipinski definition) is 2. The molecule has 4 aromatic rings. The molecule has 1 fully saturated rings. The number of ether oxygens (including phenoxy) is 1. The van der Waals surface area contributed by atoms with Crippen LogP contribution in [0.3, 0.4) is 0 Å². The van der Waals surface area contributed by atoms with E-state index in [1.165, 1.54) is 0 Å². The number of carbonyl (C=O) groups is 1. The minimum Gasteiger partial charge on any atom is -0.456 e. The Bertz CT molecular complexity index is 1390. The van der Waals surface area contributed by atoms with Crippen LogP contribution in [0.1, 0.15) is 27.2 Å². The third kappa shape index (κ3) is 5.36. The van der Waals surface area contributed by atoms with Gasteiger partial charge in [-0.05, 0) is 36.4 Å². The molecular weight excluding hydrogens is 476 g/mol. The predicted molar refractivity (Wildman–Crippen MR) is 154 cm³/mol. The van der Waals surface area contributed by atoms with E-state index in [1.807, 2.05) is 83.7 Å². The van der Waals surface area contributed by atoms with Crippen LogP contribution >= 0.6 is 0 Å². The van der Waals surface area contributed by atoms with Crippen LogP contribution < -0.4 is 4.90 Å². The summed E-state index contributed by atoms with van der Waals surface area (Å²) in [5.41, 5.74) is 4.99. The zero-order valence-corrected chi connectivity index (χ0v) is 22.0. The molecule has 0 amide bonds. The number of rotatable bonds is 8. The lowest BCUT2D eigenvalue weighted by atomic mass is 9.84. The highest BCUT2D eigenvalue weighted by Crippen LogP contribution is 2.36. The van der Waals surface area contributed by atoms with Crippen molar-refractivity contribution in [1.82, 2.24) is 9.29 Å². The molecule has 0 unspecified atom stereocenters. The highest BCUT2D eigenvalue weighted by molar-refractivity contribution is 6.49. The van der Waals surface area contributed by atoms with Crippen LogP contribution in [0.15, 0.2) is 78.9 Å². The second-order valence-electron chi connectivity index (χ2n) is 9.88. The summed E-state index contributed by atoms with van der Waals surface area (Å²) in [7, 11) is -1.43. The summed E-state index contributed by atoms with van der Waals surface area (Å²) >= 11 is 0. The van der Waals surface area contributed by atoms with Crippen molar-refractivity contribution in [3.8, 4) is 0 Å². The summed E-state index contributed by atoms with van der Waals surface area (Å²) in [6, 6.07) is 25.7. The molecule has 2 N–H and O–H groups in total. The molecule has 5 rings (SSSR count). The van der Waals surface area contributed by atoms with Crippen molar-refractivity contribution in [2.45, 2.75) is 26.7 Å². The Morgan fingerprint density at radius 2 is 1.45 bits per heavy atom. The van der Waals surface area contributed by atoms with Crippen LogP contribution in [0.5, 0.6) is 0 Å². The fourth-order valence-corrected chi connectivity index (χ4v) is 5.37. The molecule has 0 bridgehead atoms. The summed E-state index contributed by atoms with van der Waals surface area (Å²) in [6.07, 6.45) is 0.534. The number of fused-ring (bicyclic) bond motifs is 1. The second kappa shape index (κ2) is 11.5. The van der Waals surface area contributed by atoms with Gasteiger partial charge in [0.25, 0.3) is 0 Å². The molecule has 0 radical (unpaired) electrons. The number of nitrogens with zero attached hydrogens (tertiary/aromatic N) is 3. The van der Waals surface area contributed by atoms with E-state index < -0.39 is 20.1 Å². The maximum atomic E-state index is 13.7. The van der Waals surface area contributed by atoms with Gasteiger partial charge < -0.3 is 29.0 Å². The summed E-state index contributed by atoms with van der Waals surface area (Å²) in [5.74, 6) is -0.457. The van der Waals surface area contributed by atoms with E-state index in [-0.39, 0.29) is 6.61 Å². The molecule has 1 aliphatic rings. The number of piperazine rings is 1. The summed E-state index contributed by atoms with van der Waals surface area (Å²) in [5, 5.41) is 22.0. The summed E-state index contributed by atoms with van der Waals surface area (Å²) < 4.78 is 7.55. The number of hydrogen-bond acceptors (Lipinski definition) is 6. The van der Waals surface area contributed by atoms with Crippen molar-refractivity contribution in [3.05, 3.63) is 101 Å². The maximum Gasteiger partial charge on any atom is 0.414 e. The Kier molecular flexibility index (Phi) is 7.88. The molecule has 38 heavy (non-hydrogen) atoms. The first-order valence-corrected chi connectivity index (χ1v) is 13.2. The van der Waals surface area contributed by atoms with Gasteiger partial charge >= 0.3 is 20.1 Å². The van der Waals surface area contributed by atoms with Crippen molar-refractivity contribution < 1.29 is 19.6 Å². The average Bonchev–Trinajstić information content (AvgIpc) is 3.27. The topological polar surface area (TPSA) is 78.2 Å². The Morgan fingerprint density at radius 1 is 0.816 bits per heavy atom. The second-order valence-corrected chi connectivity index (χ2v) is 9.88. The van der Waals surface area contributed by atoms with Crippen molar-refractivity contribution in [1.29, 1.82) is 0 Å². The Hall–Kier alpha value is -3.52. The van der Waals surface area contributed by atoms with Crippen LogP contribution in [0.2, 0.25) is 13.6 Å². The van der Waals surface area contributed by atoms with Crippen molar-refractivity contribution >= 4 is 36.7 Å². The zero-order chi connectivity index (χ0) is 26.6. The average molecular weight is 509 g/mol. The first kappa shape index (κ1) is 26.1. The molecule has 1 saturated heterocycles. The standard InChI is InChI=1S/C29H33B2N3O4/c1-30(36)33-18-16-32(17-19-33)26-15-9-14-24-25(20-22-10-5-3-6-11-22)28(34(27(24)26)31(2)37)29(35)38-21-23-12-7-4-8-13-23/h3-15,36-37H,16-21H2,1-2H3. The van der Waals surface area contributed by atoms with Crippen LogP contribution in [0.4, 0.5) is 5.69 Å². The van der Waals surface area contributed by atoms with Gasteiger partial charge in [-0.2, -0.15) is 0 Å². The Labute approximate surface area is 224 Å². The van der Waals surface area contributed by atoms with E-state index in [0.717, 1.165) is 59.5 Å². The Morgan fingerprint density at radius 3 is 2.05 bits per heavy atom. The fraction of sp³-hybridized carbons (Fsp3) is 0.276. The number of para-hydroxylation sites is 1. The van der Waals surface area contributed by atoms with E-state index in [2.05, 4.69) is 4.90 Å². The number of esters is 1. The predicted octanol–water partition coefficient (Wildman–Crippen LogP) is 3.78. The molecule has 194 valence electrons. The minimum absolute atomic E-state index is 0.153. The maximum absolute atomic E-state index is 13.7. The molecule has 0 atom stereocenters. The monoisotopic (exact) mass is 509 g/mol. The number of anilines is 1. The van der Waals surface area contributed by atoms with Crippen molar-refractivity contribution in [3.63, 3.8) is 0 Å². The molecule has 1 aliphatic heterocycles. The smallest absolute Gasteiger partial charge is 0.414 e. The summed E-state index contributed by atoms with van der Waals surface area (Å²) in [4.78, 5) is 18.0. The minimum atomic E-state index is -0.943. The van der Waals surface area contributed by atoms with Crippen molar-refractivity contribution in [2.75, 3.05) is 31.1 Å². The fourth-order valence-electron chi connectivity index (χ4n) is 5.37. The zero-order valence-electron chi connectivity index (χ0n) is 22.0. The van der Waals surface area contributed by atoms with E-state index in [1.54, 1.807) is 18.1 Å². The molecular formula is C29H33B2N3O4. The van der Waals surface area contributed by atoms with Crippen LogP contribution in [0, 0.1) is 0 Å². The van der Waals surface area contributed by atoms with E-state index >= 15 is 0 Å². The van der Waals surface area contributed by atoms with Gasteiger partial charge in [0, 0.05) is 38.0 Å². The van der Waals surface area contributed by atoms with Gasteiger partial charge in [0.2, 0.25) is 0 Å². The van der Waals surface area contributed by atoms with Gasteiger partial charge in [-0.3, -0.25) is 0 Å². The molecule has 0 spiro atoms. The van der Waals surface area contributed by atoms with Crippen molar-refractivity contribution in [2.24, 2.45) is 0 Å². The van der Waals surface area contributed by atoms with Gasteiger partial charge in [0.1, 0.15) is 12.3 Å². The number of aromatic nitrogens is 1. The highest BCUT2D eigenvalue weighted by Gasteiger charge is 2.31. The normalized spacial score (nSPS) is 14.1. The van der Waals surface area contributed by atoms with Crippen LogP contribution in [-0.4, -0.2) is 65.6 Å². The highest BCUT2D eigenvalue weighted by atomic mass is 16.5. The van der Waals surface area contributed by atoms with Crippen LogP contribution in [-0.2, 0) is 17.8 Å². The third-order valence-corrected chi connectivity index (χ3v) is 7.29. The largest absolute Gasteiger partial charge is 0.456 e. The van der Waals surface area contributed by atoms with Gasteiger partial charge in [0.05, 0.1) is 11.2 Å². The van der Waals surface area contributed by atoms with E-state index in [9.17, 15) is 14.8 Å². The Balaban J connectivity index is 1.61. The lowest BCUT2D eigenvalue weighted by Crippen LogP contribution is -2.51. The molecule has 9 heteroatoms. The first-order valence-electron chi connectivity index (χ1n) is 13.2. The van der Waals surface area contributed by atoms with E-state index in [4.69, 9.17) is 4.74 Å².